The SMILES string of the molecule is CCCOc1ccccc1[C@H]1C(C(=O)OC)=C(C)NC2=C1C(=O)CC(C)(C)C2. The minimum absolute atomic E-state index is 0.0722. The summed E-state index contributed by atoms with van der Waals surface area (Å²) in [7, 11) is 1.37. The van der Waals surface area contributed by atoms with Crippen molar-refractivity contribution < 1.29 is 19.1 Å². The first kappa shape index (κ1) is 20.2. The molecule has 0 aromatic heterocycles. The number of benzene rings is 1. The molecule has 2 aliphatic rings. The lowest BCUT2D eigenvalue weighted by Gasteiger charge is -2.39. The Morgan fingerprint density at radius 2 is 1.96 bits per heavy atom. The molecule has 1 aliphatic carbocycles. The number of hydrogen-bond donors (Lipinski definition) is 1. The van der Waals surface area contributed by atoms with Gasteiger partial charge in [-0.2, -0.15) is 0 Å². The van der Waals surface area contributed by atoms with Crippen LogP contribution in [0, 0.1) is 5.41 Å². The Kier molecular flexibility index (Phi) is 5.64. The van der Waals surface area contributed by atoms with Crippen LogP contribution in [0.3, 0.4) is 0 Å². The number of Topliss-reactive ketones (excluding diaryl/α,β-unsaturated/α-hetero) is 1. The van der Waals surface area contributed by atoms with Crippen LogP contribution in [-0.2, 0) is 14.3 Å². The van der Waals surface area contributed by atoms with Crippen LogP contribution in [0.4, 0.5) is 0 Å². The summed E-state index contributed by atoms with van der Waals surface area (Å²) in [4.78, 5) is 25.9. The van der Waals surface area contributed by atoms with Crippen LogP contribution in [0.1, 0.15) is 58.4 Å². The third-order valence-corrected chi connectivity index (χ3v) is 5.34. The molecule has 0 unspecified atom stereocenters. The quantitative estimate of drug-likeness (QED) is 0.770. The lowest BCUT2D eigenvalue weighted by atomic mass is 9.68. The summed E-state index contributed by atoms with van der Waals surface area (Å²) in [6, 6.07) is 7.66. The van der Waals surface area contributed by atoms with E-state index in [0.717, 1.165) is 29.8 Å². The Balaban J connectivity index is 2.20. The fourth-order valence-corrected chi connectivity index (χ4v) is 4.19. The molecule has 5 heteroatoms. The lowest BCUT2D eigenvalue weighted by Crippen LogP contribution is -2.38. The molecule has 3 rings (SSSR count). The number of hydrogen-bond acceptors (Lipinski definition) is 5. The lowest BCUT2D eigenvalue weighted by molar-refractivity contribution is -0.136. The first-order valence-corrected chi connectivity index (χ1v) is 9.83. The Bertz CT molecular complexity index is 863. The summed E-state index contributed by atoms with van der Waals surface area (Å²) in [6.45, 7) is 8.68. The molecule has 0 saturated carbocycles. The van der Waals surface area contributed by atoms with Crippen molar-refractivity contribution in [1.29, 1.82) is 0 Å². The first-order valence-electron chi connectivity index (χ1n) is 9.83. The van der Waals surface area contributed by atoms with Crippen LogP contribution in [-0.4, -0.2) is 25.5 Å². The van der Waals surface area contributed by atoms with Gasteiger partial charge in [-0.25, -0.2) is 4.79 Å². The summed E-state index contributed by atoms with van der Waals surface area (Å²) in [5, 5.41) is 3.33. The van der Waals surface area contributed by atoms with E-state index in [1.165, 1.54) is 7.11 Å². The number of esters is 1. The predicted octanol–water partition coefficient (Wildman–Crippen LogP) is 4.25. The second-order valence-corrected chi connectivity index (χ2v) is 8.31. The van der Waals surface area contributed by atoms with Gasteiger partial charge in [0.2, 0.25) is 0 Å². The van der Waals surface area contributed by atoms with Crippen LogP contribution in [0.5, 0.6) is 5.75 Å². The van der Waals surface area contributed by atoms with E-state index in [4.69, 9.17) is 9.47 Å². The number of nitrogens with one attached hydrogen (secondary N) is 1. The number of ether oxygens (including phenoxy) is 2. The third-order valence-electron chi connectivity index (χ3n) is 5.34. The zero-order valence-electron chi connectivity index (χ0n) is 17.3. The largest absolute Gasteiger partial charge is 0.493 e. The van der Waals surface area contributed by atoms with Crippen LogP contribution in [0.15, 0.2) is 46.8 Å². The second kappa shape index (κ2) is 7.82. The molecular formula is C23H29NO4. The molecule has 1 aromatic carbocycles. The summed E-state index contributed by atoms with van der Waals surface area (Å²) < 4.78 is 11.0. The summed E-state index contributed by atoms with van der Waals surface area (Å²) in [5.74, 6) is -0.136. The van der Waals surface area contributed by atoms with Gasteiger partial charge in [0, 0.05) is 29.0 Å². The Labute approximate surface area is 166 Å². The standard InChI is InChI=1S/C23H29NO4/c1-6-11-28-18-10-8-7-9-15(18)20-19(22(26)27-5)14(2)24-16-12-23(3,4)13-17(25)21(16)20/h7-10,20,24H,6,11-13H2,1-5H3/t20-/m0/s1. The molecule has 0 bridgehead atoms. The van der Waals surface area contributed by atoms with Gasteiger partial charge in [0.1, 0.15) is 5.75 Å². The minimum atomic E-state index is -0.486. The van der Waals surface area contributed by atoms with Gasteiger partial charge in [-0.05, 0) is 31.2 Å². The zero-order valence-corrected chi connectivity index (χ0v) is 17.3. The number of dihydropyridines is 1. The molecule has 0 fully saturated rings. The van der Waals surface area contributed by atoms with Gasteiger partial charge in [-0.15, -0.1) is 0 Å². The van der Waals surface area contributed by atoms with E-state index in [0.29, 0.717) is 29.9 Å². The molecule has 0 spiro atoms. The smallest absolute Gasteiger partial charge is 0.336 e. The number of rotatable bonds is 5. The van der Waals surface area contributed by atoms with E-state index >= 15 is 0 Å². The van der Waals surface area contributed by atoms with Crippen molar-refractivity contribution >= 4 is 11.8 Å². The van der Waals surface area contributed by atoms with E-state index in [1.807, 2.05) is 38.1 Å². The monoisotopic (exact) mass is 383 g/mol. The van der Waals surface area contributed by atoms with Crippen molar-refractivity contribution in [2.75, 3.05) is 13.7 Å². The molecule has 1 aliphatic heterocycles. The zero-order chi connectivity index (χ0) is 20.5. The highest BCUT2D eigenvalue weighted by molar-refractivity contribution is 6.04. The van der Waals surface area contributed by atoms with Crippen molar-refractivity contribution in [2.24, 2.45) is 5.41 Å². The summed E-state index contributed by atoms with van der Waals surface area (Å²) >= 11 is 0. The van der Waals surface area contributed by atoms with Gasteiger partial charge < -0.3 is 14.8 Å². The van der Waals surface area contributed by atoms with Crippen molar-refractivity contribution in [3.63, 3.8) is 0 Å². The van der Waals surface area contributed by atoms with E-state index in [1.54, 1.807) is 0 Å². The molecule has 0 radical (unpaired) electrons. The average Bonchev–Trinajstić information content (AvgIpc) is 2.64. The van der Waals surface area contributed by atoms with Gasteiger partial charge in [0.15, 0.2) is 5.78 Å². The highest BCUT2D eigenvalue weighted by Gasteiger charge is 2.43. The first-order chi connectivity index (χ1) is 13.3. The van der Waals surface area contributed by atoms with Crippen molar-refractivity contribution in [3.05, 3.63) is 52.4 Å². The highest BCUT2D eigenvalue weighted by atomic mass is 16.5. The summed E-state index contributed by atoms with van der Waals surface area (Å²) in [5.41, 5.74) is 3.49. The van der Waals surface area contributed by atoms with E-state index in [9.17, 15) is 9.59 Å². The fourth-order valence-electron chi connectivity index (χ4n) is 4.19. The van der Waals surface area contributed by atoms with E-state index < -0.39 is 11.9 Å². The van der Waals surface area contributed by atoms with Gasteiger partial charge in [-0.3, -0.25) is 4.79 Å². The molecule has 0 amide bonds. The minimum Gasteiger partial charge on any atom is -0.493 e. The average molecular weight is 383 g/mol. The molecule has 28 heavy (non-hydrogen) atoms. The van der Waals surface area contributed by atoms with Gasteiger partial charge in [0.05, 0.1) is 25.2 Å². The second-order valence-electron chi connectivity index (χ2n) is 8.31. The van der Waals surface area contributed by atoms with Crippen LogP contribution >= 0.6 is 0 Å². The number of ketones is 1. The Hall–Kier alpha value is -2.56. The molecule has 1 heterocycles. The number of carbonyl (C=O) groups is 2. The van der Waals surface area contributed by atoms with E-state index in [-0.39, 0.29) is 11.2 Å². The molecule has 1 N–H and O–H groups in total. The van der Waals surface area contributed by atoms with Crippen LogP contribution in [0.2, 0.25) is 0 Å². The van der Waals surface area contributed by atoms with Crippen molar-refractivity contribution in [1.82, 2.24) is 5.32 Å². The van der Waals surface area contributed by atoms with E-state index in [2.05, 4.69) is 19.2 Å². The van der Waals surface area contributed by atoms with Gasteiger partial charge in [-0.1, -0.05) is 39.0 Å². The number of allylic oxidation sites excluding steroid dienone is 3. The van der Waals surface area contributed by atoms with Crippen LogP contribution < -0.4 is 10.1 Å². The highest BCUT2D eigenvalue weighted by Crippen LogP contribution is 2.48. The molecule has 5 nitrogen and oxygen atoms in total. The maximum atomic E-state index is 13.2. The third kappa shape index (κ3) is 3.71. The molecule has 150 valence electrons. The van der Waals surface area contributed by atoms with Gasteiger partial charge in [0.25, 0.3) is 0 Å². The normalized spacial score (nSPS) is 21.2. The van der Waals surface area contributed by atoms with Crippen molar-refractivity contribution in [2.45, 2.75) is 52.9 Å². The number of para-hydroxylation sites is 1. The maximum absolute atomic E-state index is 13.2. The van der Waals surface area contributed by atoms with Gasteiger partial charge >= 0.3 is 5.97 Å². The topological polar surface area (TPSA) is 64.6 Å². The van der Waals surface area contributed by atoms with Crippen LogP contribution in [0.25, 0.3) is 0 Å². The summed E-state index contributed by atoms with van der Waals surface area (Å²) in [6.07, 6.45) is 2.09. The Morgan fingerprint density at radius 1 is 1.25 bits per heavy atom. The molecule has 1 aromatic rings. The fraction of sp³-hybridized carbons (Fsp3) is 0.478. The van der Waals surface area contributed by atoms with Crippen molar-refractivity contribution in [3.8, 4) is 5.75 Å². The number of carbonyl (C=O) groups excluding carboxylic acids is 2. The number of methoxy groups -OCH3 is 1. The Morgan fingerprint density at radius 3 is 2.64 bits per heavy atom. The molecular weight excluding hydrogens is 354 g/mol. The molecule has 0 saturated heterocycles. The predicted molar refractivity (Wildman–Crippen MR) is 108 cm³/mol. The molecule has 1 atom stereocenters. The maximum Gasteiger partial charge on any atom is 0.336 e.